The number of halogens is 4. The lowest BCUT2D eigenvalue weighted by Gasteiger charge is -2.17. The summed E-state index contributed by atoms with van der Waals surface area (Å²) in [6.07, 6.45) is -7.33. The van der Waals surface area contributed by atoms with E-state index in [9.17, 15) is 13.2 Å². The molecule has 2 nitrogen and oxygen atoms in total. The van der Waals surface area contributed by atoms with Gasteiger partial charge in [-0.1, -0.05) is 11.6 Å². The van der Waals surface area contributed by atoms with Crippen molar-refractivity contribution in [2.24, 2.45) is 0 Å². The Bertz CT molecular complexity index is 352. The zero-order valence-corrected chi connectivity index (χ0v) is 8.43. The summed E-state index contributed by atoms with van der Waals surface area (Å²) in [5.41, 5.74) is -0.391. The zero-order valence-electron chi connectivity index (χ0n) is 7.68. The molecule has 1 aromatic rings. The van der Waals surface area contributed by atoms with E-state index in [4.69, 9.17) is 21.4 Å². The van der Waals surface area contributed by atoms with Crippen LogP contribution < -0.4 is 4.74 Å². The molecule has 6 heteroatoms. The van der Waals surface area contributed by atoms with Crippen LogP contribution in [0.5, 0.6) is 5.75 Å². The van der Waals surface area contributed by atoms with E-state index in [0.717, 1.165) is 6.07 Å². The van der Waals surface area contributed by atoms with Crippen molar-refractivity contribution in [3.63, 3.8) is 0 Å². The Labute approximate surface area is 89.2 Å². The minimum absolute atomic E-state index is 0.0516. The first kappa shape index (κ1) is 12.1. The largest absolute Gasteiger partial charge is 0.496 e. The van der Waals surface area contributed by atoms with Gasteiger partial charge in [-0.25, -0.2) is 0 Å². The van der Waals surface area contributed by atoms with Gasteiger partial charge in [0.05, 0.1) is 7.11 Å². The fraction of sp³-hybridized carbons (Fsp3) is 0.333. The smallest absolute Gasteiger partial charge is 0.418 e. The Morgan fingerprint density at radius 3 is 2.47 bits per heavy atom. The summed E-state index contributed by atoms with van der Waals surface area (Å²) in [5, 5.41) is 9.14. The van der Waals surface area contributed by atoms with Crippen molar-refractivity contribution in [1.29, 1.82) is 0 Å². The first-order chi connectivity index (χ1) is 6.86. The Hall–Kier alpha value is -0.940. The van der Waals surface area contributed by atoms with Crippen molar-refractivity contribution >= 4 is 11.6 Å². The van der Waals surface area contributed by atoms with Gasteiger partial charge in [-0.15, -0.1) is 0 Å². The summed E-state index contributed by atoms with van der Waals surface area (Å²) in [5.74, 6) is -0.0516. The first-order valence-corrected chi connectivity index (χ1v) is 4.32. The fourth-order valence-electron chi connectivity index (χ4n) is 1.10. The molecule has 0 aliphatic rings. The van der Waals surface area contributed by atoms with Gasteiger partial charge >= 0.3 is 6.18 Å². The summed E-state index contributed by atoms with van der Waals surface area (Å²) in [6.45, 7) is 0. The van der Waals surface area contributed by atoms with Gasteiger partial charge in [0.2, 0.25) is 0 Å². The van der Waals surface area contributed by atoms with Crippen LogP contribution in [0.25, 0.3) is 0 Å². The molecule has 0 radical (unpaired) electrons. The second kappa shape index (κ2) is 4.28. The number of methoxy groups -OCH3 is 1. The fourth-order valence-corrected chi connectivity index (χ4v) is 1.28. The molecular formula is C9H8ClF3O2. The molecule has 1 unspecified atom stereocenters. The molecule has 0 saturated heterocycles. The number of aliphatic hydroxyl groups is 1. The maximum absolute atomic E-state index is 12.2. The van der Waals surface area contributed by atoms with Crippen LogP contribution in [0.2, 0.25) is 5.02 Å². The van der Waals surface area contributed by atoms with E-state index < -0.39 is 17.8 Å². The molecule has 0 amide bonds. The molecule has 0 aliphatic heterocycles. The highest BCUT2D eigenvalue weighted by molar-refractivity contribution is 6.30. The molecule has 1 aromatic carbocycles. The standard InChI is InChI=1S/C9H8ClF3O2/c1-15-7-3-2-5(10)4-6(7)8(14)9(11,12)13/h2-4,8,14H,1H3. The zero-order chi connectivity index (χ0) is 11.6. The predicted molar refractivity (Wildman–Crippen MR) is 49.0 cm³/mol. The van der Waals surface area contributed by atoms with Crippen molar-refractivity contribution in [3.05, 3.63) is 28.8 Å². The van der Waals surface area contributed by atoms with Crippen LogP contribution in [-0.2, 0) is 0 Å². The summed E-state index contributed by atoms with van der Waals surface area (Å²) in [6, 6.07) is 3.68. The minimum Gasteiger partial charge on any atom is -0.496 e. The number of rotatable bonds is 2. The lowest BCUT2D eigenvalue weighted by atomic mass is 10.1. The summed E-state index contributed by atoms with van der Waals surface area (Å²) >= 11 is 5.53. The maximum atomic E-state index is 12.2. The average molecular weight is 241 g/mol. The molecule has 1 rings (SSSR count). The quantitative estimate of drug-likeness (QED) is 0.861. The number of hydrogen-bond acceptors (Lipinski definition) is 2. The molecule has 84 valence electrons. The van der Waals surface area contributed by atoms with Crippen LogP contribution in [0, 0.1) is 0 Å². The van der Waals surface area contributed by atoms with Gasteiger partial charge in [0.25, 0.3) is 0 Å². The third kappa shape index (κ3) is 2.76. The number of aliphatic hydroxyl groups excluding tert-OH is 1. The summed E-state index contributed by atoms with van der Waals surface area (Å²) in [4.78, 5) is 0. The average Bonchev–Trinajstić information content (AvgIpc) is 2.15. The Morgan fingerprint density at radius 2 is 2.00 bits per heavy atom. The molecule has 1 atom stereocenters. The monoisotopic (exact) mass is 240 g/mol. The highest BCUT2D eigenvalue weighted by atomic mass is 35.5. The normalized spacial score (nSPS) is 13.7. The third-order valence-corrected chi connectivity index (χ3v) is 2.03. The lowest BCUT2D eigenvalue weighted by Crippen LogP contribution is -2.20. The van der Waals surface area contributed by atoms with Crippen molar-refractivity contribution < 1.29 is 23.0 Å². The van der Waals surface area contributed by atoms with E-state index >= 15 is 0 Å². The number of hydrogen-bond donors (Lipinski definition) is 1. The molecule has 0 heterocycles. The van der Waals surface area contributed by atoms with E-state index in [0.29, 0.717) is 0 Å². The minimum atomic E-state index is -4.74. The van der Waals surface area contributed by atoms with Gasteiger partial charge in [-0.3, -0.25) is 0 Å². The van der Waals surface area contributed by atoms with Crippen LogP contribution in [0.4, 0.5) is 13.2 Å². The van der Waals surface area contributed by atoms with Crippen molar-refractivity contribution in [3.8, 4) is 5.75 Å². The molecule has 0 aromatic heterocycles. The number of ether oxygens (including phenoxy) is 1. The Balaban J connectivity index is 3.17. The van der Waals surface area contributed by atoms with Crippen molar-refractivity contribution in [2.45, 2.75) is 12.3 Å². The van der Waals surface area contributed by atoms with E-state index in [-0.39, 0.29) is 10.8 Å². The van der Waals surface area contributed by atoms with Gasteiger partial charge in [0.1, 0.15) is 5.75 Å². The molecular weight excluding hydrogens is 233 g/mol. The molecule has 15 heavy (non-hydrogen) atoms. The van der Waals surface area contributed by atoms with Crippen molar-refractivity contribution in [1.82, 2.24) is 0 Å². The van der Waals surface area contributed by atoms with Gasteiger partial charge in [-0.05, 0) is 18.2 Å². The molecule has 1 N–H and O–H groups in total. The van der Waals surface area contributed by atoms with Crippen LogP contribution in [-0.4, -0.2) is 18.4 Å². The second-order valence-electron chi connectivity index (χ2n) is 2.83. The topological polar surface area (TPSA) is 29.5 Å². The van der Waals surface area contributed by atoms with E-state index in [2.05, 4.69) is 0 Å². The summed E-state index contributed by atoms with van der Waals surface area (Å²) in [7, 11) is 1.22. The SMILES string of the molecule is COc1ccc(Cl)cc1C(O)C(F)(F)F. The molecule has 0 saturated carbocycles. The number of benzene rings is 1. The highest BCUT2D eigenvalue weighted by Crippen LogP contribution is 2.38. The van der Waals surface area contributed by atoms with Crippen LogP contribution in [0.3, 0.4) is 0 Å². The predicted octanol–water partition coefficient (Wildman–Crippen LogP) is 2.94. The van der Waals surface area contributed by atoms with Gasteiger partial charge in [-0.2, -0.15) is 13.2 Å². The van der Waals surface area contributed by atoms with Crippen LogP contribution in [0.15, 0.2) is 18.2 Å². The Kier molecular flexibility index (Phi) is 3.46. The van der Waals surface area contributed by atoms with Crippen LogP contribution in [0.1, 0.15) is 11.7 Å². The Morgan fingerprint density at radius 1 is 1.40 bits per heavy atom. The maximum Gasteiger partial charge on any atom is 0.418 e. The van der Waals surface area contributed by atoms with Gasteiger partial charge in [0, 0.05) is 10.6 Å². The molecule has 0 fully saturated rings. The van der Waals surface area contributed by atoms with Crippen molar-refractivity contribution in [2.75, 3.05) is 7.11 Å². The second-order valence-corrected chi connectivity index (χ2v) is 3.27. The summed E-state index contributed by atoms with van der Waals surface area (Å²) < 4.78 is 41.4. The van der Waals surface area contributed by atoms with Gasteiger partial charge in [0.15, 0.2) is 6.10 Å². The first-order valence-electron chi connectivity index (χ1n) is 3.94. The van der Waals surface area contributed by atoms with E-state index in [1.54, 1.807) is 0 Å². The third-order valence-electron chi connectivity index (χ3n) is 1.80. The lowest BCUT2D eigenvalue weighted by molar-refractivity contribution is -0.207. The van der Waals surface area contributed by atoms with E-state index in [1.807, 2.05) is 0 Å². The molecule has 0 aliphatic carbocycles. The number of alkyl halides is 3. The van der Waals surface area contributed by atoms with Crippen LogP contribution >= 0.6 is 11.6 Å². The van der Waals surface area contributed by atoms with Gasteiger partial charge < -0.3 is 9.84 Å². The molecule has 0 bridgehead atoms. The van der Waals surface area contributed by atoms with E-state index in [1.165, 1.54) is 19.2 Å². The highest BCUT2D eigenvalue weighted by Gasteiger charge is 2.41. The molecule has 0 spiro atoms.